The summed E-state index contributed by atoms with van der Waals surface area (Å²) in [6.45, 7) is 0. The predicted molar refractivity (Wildman–Crippen MR) is 220 cm³/mol. The van der Waals surface area contributed by atoms with Crippen LogP contribution in [0.15, 0.2) is 182 Å². The fourth-order valence-electron chi connectivity index (χ4n) is 9.15. The van der Waals surface area contributed by atoms with E-state index in [1.807, 2.05) is 0 Å². The van der Waals surface area contributed by atoms with Crippen LogP contribution in [0, 0.1) is 0 Å². The van der Waals surface area contributed by atoms with Crippen LogP contribution in [0.3, 0.4) is 0 Å². The van der Waals surface area contributed by atoms with Gasteiger partial charge in [0.05, 0.1) is 22.1 Å². The Morgan fingerprint density at radius 1 is 0.288 bits per heavy atom. The van der Waals surface area contributed by atoms with Crippen molar-refractivity contribution in [3.05, 3.63) is 182 Å². The predicted octanol–water partition coefficient (Wildman–Crippen LogP) is 13.5. The first-order chi connectivity index (χ1) is 25.8. The molecule has 0 spiro atoms. The van der Waals surface area contributed by atoms with E-state index in [0.29, 0.717) is 0 Å². The summed E-state index contributed by atoms with van der Waals surface area (Å²) < 4.78 is 4.90. The van der Waals surface area contributed by atoms with Gasteiger partial charge in [0.25, 0.3) is 0 Å². The molecule has 0 saturated heterocycles. The van der Waals surface area contributed by atoms with Crippen molar-refractivity contribution < 1.29 is 0 Å². The van der Waals surface area contributed by atoms with Crippen molar-refractivity contribution in [2.45, 2.75) is 0 Å². The standard InChI is InChI=1S/C50H30N2/c1-2-13-35(14-3-1)52-47-27-22-33(28-45(47)43-25-20-31-10-4-5-15-37(31)50(43)52)34-21-24-40-39-16-6-7-19-46(39)51(48(40)29-34)36-23-26-38-41-17-8-11-32-12-9-18-42(49(32)41)44(38)30-36/h1-30H. The number of hydrogen-bond acceptors (Lipinski definition) is 0. The van der Waals surface area contributed by atoms with Crippen LogP contribution in [-0.2, 0) is 0 Å². The molecule has 11 aromatic rings. The number of para-hydroxylation sites is 2. The van der Waals surface area contributed by atoms with Crippen LogP contribution in [0.1, 0.15) is 0 Å². The van der Waals surface area contributed by atoms with Gasteiger partial charge in [0.15, 0.2) is 0 Å². The van der Waals surface area contributed by atoms with E-state index in [-0.39, 0.29) is 0 Å². The highest BCUT2D eigenvalue weighted by Crippen LogP contribution is 2.48. The van der Waals surface area contributed by atoms with E-state index in [2.05, 4.69) is 191 Å². The minimum Gasteiger partial charge on any atom is -0.309 e. The molecule has 0 atom stereocenters. The highest BCUT2D eigenvalue weighted by atomic mass is 15.0. The minimum absolute atomic E-state index is 1.17. The van der Waals surface area contributed by atoms with E-state index in [1.165, 1.54) is 110 Å². The molecule has 0 N–H and O–H groups in total. The molecule has 2 nitrogen and oxygen atoms in total. The van der Waals surface area contributed by atoms with Gasteiger partial charge in [0.2, 0.25) is 0 Å². The summed E-state index contributed by atoms with van der Waals surface area (Å²) in [5.74, 6) is 0. The van der Waals surface area contributed by atoms with Crippen LogP contribution in [0.25, 0.3) is 110 Å². The first-order valence-corrected chi connectivity index (χ1v) is 18.0. The Hall–Kier alpha value is -6.90. The molecule has 0 unspecified atom stereocenters. The monoisotopic (exact) mass is 658 g/mol. The molecule has 0 bridgehead atoms. The third-order valence-electron chi connectivity index (χ3n) is 11.4. The van der Waals surface area contributed by atoms with E-state index in [1.54, 1.807) is 0 Å². The maximum Gasteiger partial charge on any atom is 0.0619 e. The Balaban J connectivity index is 1.08. The maximum atomic E-state index is 2.46. The number of aromatic nitrogens is 2. The molecule has 52 heavy (non-hydrogen) atoms. The molecule has 2 heterocycles. The van der Waals surface area contributed by atoms with Gasteiger partial charge in [0.1, 0.15) is 0 Å². The van der Waals surface area contributed by atoms with Gasteiger partial charge in [-0.2, -0.15) is 0 Å². The van der Waals surface area contributed by atoms with E-state index >= 15 is 0 Å². The van der Waals surface area contributed by atoms with Crippen LogP contribution in [0.5, 0.6) is 0 Å². The largest absolute Gasteiger partial charge is 0.309 e. The normalized spacial score (nSPS) is 12.2. The molecule has 0 fully saturated rings. The highest BCUT2D eigenvalue weighted by molar-refractivity contribution is 6.20. The lowest BCUT2D eigenvalue weighted by atomic mass is 10.00. The van der Waals surface area contributed by atoms with Crippen molar-refractivity contribution in [1.29, 1.82) is 0 Å². The Morgan fingerprint density at radius 3 is 1.85 bits per heavy atom. The fourth-order valence-corrected chi connectivity index (χ4v) is 9.15. The molecule has 2 heteroatoms. The van der Waals surface area contributed by atoms with Crippen molar-refractivity contribution in [3.63, 3.8) is 0 Å². The molecule has 0 saturated carbocycles. The molecule has 0 aliphatic heterocycles. The molecule has 1 aliphatic carbocycles. The maximum absolute atomic E-state index is 2.46. The summed E-state index contributed by atoms with van der Waals surface area (Å²) in [7, 11) is 0. The number of hydrogen-bond donors (Lipinski definition) is 0. The van der Waals surface area contributed by atoms with Crippen LogP contribution >= 0.6 is 0 Å². The van der Waals surface area contributed by atoms with Crippen LogP contribution < -0.4 is 0 Å². The average Bonchev–Trinajstić information content (AvgIpc) is 3.84. The molecule has 240 valence electrons. The summed E-state index contributed by atoms with van der Waals surface area (Å²) in [6.07, 6.45) is 0. The van der Waals surface area contributed by atoms with Crippen LogP contribution in [-0.4, -0.2) is 9.13 Å². The summed E-state index contributed by atoms with van der Waals surface area (Å²) in [5, 5.41) is 10.2. The van der Waals surface area contributed by atoms with E-state index < -0.39 is 0 Å². The zero-order valence-electron chi connectivity index (χ0n) is 28.2. The molecular formula is C50H30N2. The van der Waals surface area contributed by atoms with Gasteiger partial charge in [-0.25, -0.2) is 0 Å². The van der Waals surface area contributed by atoms with Crippen molar-refractivity contribution in [1.82, 2.24) is 9.13 Å². The molecule has 2 aromatic heterocycles. The lowest BCUT2D eigenvalue weighted by Crippen LogP contribution is -1.95. The van der Waals surface area contributed by atoms with Crippen molar-refractivity contribution in [3.8, 4) is 44.8 Å². The molecule has 1 aliphatic rings. The Bertz CT molecular complexity index is 3280. The Labute approximate surface area is 300 Å². The van der Waals surface area contributed by atoms with E-state index in [4.69, 9.17) is 0 Å². The SMILES string of the molecule is c1ccc(-n2c3ccc(-c4ccc5c6ccccc6n(-c6ccc7c(c6)-c6cccc8cccc-7c68)c5c4)cc3c3ccc4ccccc4c32)cc1. The van der Waals surface area contributed by atoms with Crippen molar-refractivity contribution in [2.75, 3.05) is 0 Å². The third kappa shape index (κ3) is 3.73. The van der Waals surface area contributed by atoms with Gasteiger partial charge < -0.3 is 9.13 Å². The third-order valence-corrected chi connectivity index (χ3v) is 11.4. The van der Waals surface area contributed by atoms with Gasteiger partial charge in [-0.1, -0.05) is 133 Å². The Kier molecular flexibility index (Phi) is 5.53. The second-order valence-electron chi connectivity index (χ2n) is 14.1. The molecule has 12 rings (SSSR count). The lowest BCUT2D eigenvalue weighted by Gasteiger charge is -2.12. The Morgan fingerprint density at radius 2 is 0.962 bits per heavy atom. The van der Waals surface area contributed by atoms with E-state index in [0.717, 1.165) is 0 Å². The van der Waals surface area contributed by atoms with Gasteiger partial charge in [-0.05, 0) is 98.1 Å². The van der Waals surface area contributed by atoms with Gasteiger partial charge in [-0.15, -0.1) is 0 Å². The molecule has 0 amide bonds. The smallest absolute Gasteiger partial charge is 0.0619 e. The fraction of sp³-hybridized carbons (Fsp3) is 0. The van der Waals surface area contributed by atoms with Crippen molar-refractivity contribution in [2.24, 2.45) is 0 Å². The van der Waals surface area contributed by atoms with Gasteiger partial charge in [0, 0.05) is 38.3 Å². The van der Waals surface area contributed by atoms with Gasteiger partial charge >= 0.3 is 0 Å². The minimum atomic E-state index is 1.17. The second kappa shape index (κ2) is 10.3. The first-order valence-electron chi connectivity index (χ1n) is 18.0. The summed E-state index contributed by atoms with van der Waals surface area (Å²) in [4.78, 5) is 0. The molecule has 0 radical (unpaired) electrons. The second-order valence-corrected chi connectivity index (χ2v) is 14.1. The summed E-state index contributed by atoms with van der Waals surface area (Å²) in [6, 6.07) is 67.3. The van der Waals surface area contributed by atoms with Gasteiger partial charge in [-0.3, -0.25) is 0 Å². The zero-order valence-corrected chi connectivity index (χ0v) is 28.2. The first kappa shape index (κ1) is 27.9. The lowest BCUT2D eigenvalue weighted by molar-refractivity contribution is 1.18. The quantitative estimate of drug-likeness (QED) is 0.179. The molecule has 9 aromatic carbocycles. The number of fused-ring (bicyclic) bond motifs is 11. The summed E-state index contributed by atoms with van der Waals surface area (Å²) in [5.41, 5.74) is 14.9. The summed E-state index contributed by atoms with van der Waals surface area (Å²) >= 11 is 0. The zero-order chi connectivity index (χ0) is 33.9. The van der Waals surface area contributed by atoms with Crippen LogP contribution in [0.2, 0.25) is 0 Å². The number of nitrogens with zero attached hydrogens (tertiary/aromatic N) is 2. The van der Waals surface area contributed by atoms with Crippen molar-refractivity contribution >= 4 is 65.2 Å². The highest BCUT2D eigenvalue weighted by Gasteiger charge is 2.23. The number of rotatable bonds is 3. The average molecular weight is 659 g/mol. The topological polar surface area (TPSA) is 9.86 Å². The van der Waals surface area contributed by atoms with E-state index in [9.17, 15) is 0 Å². The van der Waals surface area contributed by atoms with Crippen LogP contribution in [0.4, 0.5) is 0 Å². The molecular weight excluding hydrogens is 629 g/mol. The number of benzene rings is 9.